The predicted molar refractivity (Wildman–Crippen MR) is 73.9 cm³/mol. The van der Waals surface area contributed by atoms with E-state index in [9.17, 15) is 4.79 Å². The van der Waals surface area contributed by atoms with Crippen LogP contribution in [0.25, 0.3) is 0 Å². The number of carbonyl (C=O) groups is 1. The van der Waals surface area contributed by atoms with E-state index in [2.05, 4.69) is 20.8 Å². The topological polar surface area (TPSA) is 44.8 Å². The Labute approximate surface area is 114 Å². The average Bonchev–Trinajstić information content (AvgIpc) is 2.36. The molecule has 0 bridgehead atoms. The van der Waals surface area contributed by atoms with Gasteiger partial charge in [0, 0.05) is 6.07 Å². The molecule has 0 fully saturated rings. The van der Waals surface area contributed by atoms with Gasteiger partial charge in [-0.15, -0.1) is 0 Å². The van der Waals surface area contributed by atoms with Crippen molar-refractivity contribution in [3.8, 4) is 11.5 Å². The minimum atomic E-state index is -0.372. The Kier molecular flexibility index (Phi) is 5.21. The van der Waals surface area contributed by atoms with Crippen LogP contribution in [0, 0.1) is 5.41 Å². The normalized spacial score (nSPS) is 11.0. The summed E-state index contributed by atoms with van der Waals surface area (Å²) in [7, 11) is 3.08. The SMILES string of the molecule is COc1ccc(C(=O)OCCC(C)(C)C)c(OC)c1. The van der Waals surface area contributed by atoms with Crippen LogP contribution in [0.15, 0.2) is 18.2 Å². The lowest BCUT2D eigenvalue weighted by atomic mass is 9.93. The number of benzene rings is 1. The maximum absolute atomic E-state index is 12.0. The molecule has 1 aromatic rings. The Balaban J connectivity index is 2.71. The number of esters is 1. The second-order valence-corrected chi connectivity index (χ2v) is 5.51. The molecule has 0 aliphatic heterocycles. The molecule has 0 saturated heterocycles. The Morgan fingerprint density at radius 3 is 2.37 bits per heavy atom. The van der Waals surface area contributed by atoms with E-state index in [1.807, 2.05) is 0 Å². The van der Waals surface area contributed by atoms with Crippen LogP contribution in [0.4, 0.5) is 0 Å². The maximum atomic E-state index is 12.0. The van der Waals surface area contributed by atoms with E-state index in [0.717, 1.165) is 6.42 Å². The number of ether oxygens (including phenoxy) is 3. The van der Waals surface area contributed by atoms with Gasteiger partial charge in [0.05, 0.1) is 20.8 Å². The lowest BCUT2D eigenvalue weighted by Crippen LogP contribution is -2.13. The van der Waals surface area contributed by atoms with E-state index >= 15 is 0 Å². The van der Waals surface area contributed by atoms with Gasteiger partial charge in [-0.1, -0.05) is 20.8 Å². The van der Waals surface area contributed by atoms with Crippen LogP contribution >= 0.6 is 0 Å². The fraction of sp³-hybridized carbons (Fsp3) is 0.533. The van der Waals surface area contributed by atoms with Crippen molar-refractivity contribution in [3.63, 3.8) is 0 Å². The molecule has 0 N–H and O–H groups in total. The molecular formula is C15H22O4. The van der Waals surface area contributed by atoms with Gasteiger partial charge in [-0.3, -0.25) is 0 Å². The highest BCUT2D eigenvalue weighted by Gasteiger charge is 2.16. The van der Waals surface area contributed by atoms with Crippen molar-refractivity contribution in [2.24, 2.45) is 5.41 Å². The minimum absolute atomic E-state index is 0.143. The molecule has 1 rings (SSSR count). The first-order valence-electron chi connectivity index (χ1n) is 6.26. The lowest BCUT2D eigenvalue weighted by Gasteiger charge is -2.17. The minimum Gasteiger partial charge on any atom is -0.497 e. The fourth-order valence-electron chi connectivity index (χ4n) is 1.49. The number of methoxy groups -OCH3 is 2. The van der Waals surface area contributed by atoms with Crippen LogP contribution in [0.3, 0.4) is 0 Å². The van der Waals surface area contributed by atoms with Crippen LogP contribution in [-0.2, 0) is 4.74 Å². The molecular weight excluding hydrogens is 244 g/mol. The maximum Gasteiger partial charge on any atom is 0.341 e. The number of hydrogen-bond donors (Lipinski definition) is 0. The number of carbonyl (C=O) groups excluding carboxylic acids is 1. The lowest BCUT2D eigenvalue weighted by molar-refractivity contribution is 0.0461. The van der Waals surface area contributed by atoms with Crippen LogP contribution in [-0.4, -0.2) is 26.8 Å². The standard InChI is InChI=1S/C15H22O4/c1-15(2,3)8-9-19-14(16)12-7-6-11(17-4)10-13(12)18-5/h6-7,10H,8-9H2,1-5H3. The van der Waals surface area contributed by atoms with Crippen molar-refractivity contribution in [2.45, 2.75) is 27.2 Å². The van der Waals surface area contributed by atoms with Crippen molar-refractivity contribution in [1.82, 2.24) is 0 Å². The second kappa shape index (κ2) is 6.45. The smallest absolute Gasteiger partial charge is 0.341 e. The third kappa shape index (κ3) is 4.81. The van der Waals surface area contributed by atoms with Gasteiger partial charge < -0.3 is 14.2 Å². The zero-order valence-corrected chi connectivity index (χ0v) is 12.3. The summed E-state index contributed by atoms with van der Waals surface area (Å²) in [5.74, 6) is 0.729. The second-order valence-electron chi connectivity index (χ2n) is 5.51. The van der Waals surface area contributed by atoms with E-state index in [-0.39, 0.29) is 11.4 Å². The molecule has 0 amide bonds. The molecule has 1 aromatic carbocycles. The molecule has 0 atom stereocenters. The molecule has 0 heterocycles. The Hall–Kier alpha value is -1.71. The summed E-state index contributed by atoms with van der Waals surface area (Å²) < 4.78 is 15.5. The highest BCUT2D eigenvalue weighted by Crippen LogP contribution is 2.25. The zero-order valence-electron chi connectivity index (χ0n) is 12.3. The Morgan fingerprint density at radius 2 is 1.84 bits per heavy atom. The number of rotatable bonds is 5. The molecule has 4 heteroatoms. The van der Waals surface area contributed by atoms with Crippen molar-refractivity contribution in [2.75, 3.05) is 20.8 Å². The molecule has 0 saturated carbocycles. The summed E-state index contributed by atoms with van der Waals surface area (Å²) in [4.78, 5) is 12.0. The van der Waals surface area contributed by atoms with Gasteiger partial charge in [0.15, 0.2) is 0 Å². The predicted octanol–water partition coefficient (Wildman–Crippen LogP) is 3.30. The summed E-state index contributed by atoms with van der Waals surface area (Å²) in [5, 5.41) is 0. The van der Waals surface area contributed by atoms with Gasteiger partial charge in [-0.05, 0) is 24.0 Å². The van der Waals surface area contributed by atoms with Crippen molar-refractivity contribution >= 4 is 5.97 Å². The van der Waals surface area contributed by atoms with E-state index in [1.54, 1.807) is 25.3 Å². The monoisotopic (exact) mass is 266 g/mol. The quantitative estimate of drug-likeness (QED) is 0.767. The largest absolute Gasteiger partial charge is 0.497 e. The van der Waals surface area contributed by atoms with Gasteiger partial charge in [0.2, 0.25) is 0 Å². The molecule has 0 spiro atoms. The summed E-state index contributed by atoms with van der Waals surface area (Å²) in [5.41, 5.74) is 0.557. The molecule has 0 aromatic heterocycles. The van der Waals surface area contributed by atoms with Crippen molar-refractivity contribution in [1.29, 1.82) is 0 Å². The zero-order chi connectivity index (χ0) is 14.5. The molecule has 106 valence electrons. The first kappa shape index (κ1) is 15.3. The Morgan fingerprint density at radius 1 is 1.16 bits per heavy atom. The summed E-state index contributed by atoms with van der Waals surface area (Å²) in [6.07, 6.45) is 0.817. The summed E-state index contributed by atoms with van der Waals surface area (Å²) in [6, 6.07) is 5.03. The van der Waals surface area contributed by atoms with Crippen LogP contribution in [0.5, 0.6) is 11.5 Å². The van der Waals surface area contributed by atoms with Gasteiger partial charge in [-0.25, -0.2) is 4.79 Å². The molecule has 4 nitrogen and oxygen atoms in total. The van der Waals surface area contributed by atoms with Gasteiger partial charge >= 0.3 is 5.97 Å². The third-order valence-corrected chi connectivity index (χ3v) is 2.71. The van der Waals surface area contributed by atoms with Crippen LogP contribution in [0.2, 0.25) is 0 Å². The molecule has 0 unspecified atom stereocenters. The van der Waals surface area contributed by atoms with E-state index < -0.39 is 0 Å². The summed E-state index contributed by atoms with van der Waals surface area (Å²) in [6.45, 7) is 6.72. The molecule has 19 heavy (non-hydrogen) atoms. The van der Waals surface area contributed by atoms with Crippen LogP contribution in [0.1, 0.15) is 37.6 Å². The third-order valence-electron chi connectivity index (χ3n) is 2.71. The van der Waals surface area contributed by atoms with Gasteiger partial charge in [0.1, 0.15) is 17.1 Å². The van der Waals surface area contributed by atoms with E-state index in [0.29, 0.717) is 23.7 Å². The van der Waals surface area contributed by atoms with E-state index in [4.69, 9.17) is 14.2 Å². The highest BCUT2D eigenvalue weighted by atomic mass is 16.5. The van der Waals surface area contributed by atoms with Crippen molar-refractivity contribution < 1.29 is 19.0 Å². The average molecular weight is 266 g/mol. The Bertz CT molecular complexity index is 432. The van der Waals surface area contributed by atoms with E-state index in [1.165, 1.54) is 7.11 Å². The molecule has 0 aliphatic rings. The molecule has 0 aliphatic carbocycles. The highest BCUT2D eigenvalue weighted by molar-refractivity contribution is 5.92. The first-order chi connectivity index (χ1) is 8.87. The molecule has 0 radical (unpaired) electrons. The van der Waals surface area contributed by atoms with Gasteiger partial charge in [0.25, 0.3) is 0 Å². The first-order valence-corrected chi connectivity index (χ1v) is 6.26. The van der Waals surface area contributed by atoms with Crippen LogP contribution < -0.4 is 9.47 Å². The van der Waals surface area contributed by atoms with Crippen molar-refractivity contribution in [3.05, 3.63) is 23.8 Å². The fourth-order valence-corrected chi connectivity index (χ4v) is 1.49. The van der Waals surface area contributed by atoms with Gasteiger partial charge in [-0.2, -0.15) is 0 Å². The number of hydrogen-bond acceptors (Lipinski definition) is 4. The summed E-state index contributed by atoms with van der Waals surface area (Å²) >= 11 is 0.